The number of ether oxygens (including phenoxy) is 1. The molecule has 1 N–H and O–H groups in total. The van der Waals surface area contributed by atoms with Crippen molar-refractivity contribution in [2.75, 3.05) is 6.61 Å². The van der Waals surface area contributed by atoms with Crippen LogP contribution in [-0.2, 0) is 0 Å². The van der Waals surface area contributed by atoms with E-state index in [-0.39, 0.29) is 5.69 Å². The highest BCUT2D eigenvalue weighted by Crippen LogP contribution is 2.23. The number of nitrogens with zero attached hydrogens (tertiary/aromatic N) is 1. The average molecular weight is 261 g/mol. The van der Waals surface area contributed by atoms with E-state index in [4.69, 9.17) is 14.4 Å². The Balaban J connectivity index is 2.06. The summed E-state index contributed by atoms with van der Waals surface area (Å²) in [4.78, 5) is 10.7. The summed E-state index contributed by atoms with van der Waals surface area (Å²) in [5, 5.41) is 12.2. The Bertz CT molecular complexity index is 545. The van der Waals surface area contributed by atoms with E-state index >= 15 is 0 Å². The van der Waals surface area contributed by atoms with E-state index in [2.05, 4.69) is 12.1 Å². The molecule has 0 atom stereocenters. The first kappa shape index (κ1) is 13.1. The number of carboxylic acids is 1. The van der Waals surface area contributed by atoms with E-state index < -0.39 is 5.97 Å². The van der Waals surface area contributed by atoms with E-state index in [9.17, 15) is 4.79 Å². The normalized spacial score (nSPS) is 10.4. The fourth-order valence-corrected chi connectivity index (χ4v) is 1.56. The Hall–Kier alpha value is -2.30. The molecular formula is C14H15NO4. The predicted molar refractivity (Wildman–Crippen MR) is 69.3 cm³/mol. The zero-order chi connectivity index (χ0) is 13.7. The van der Waals surface area contributed by atoms with Crippen LogP contribution >= 0.6 is 0 Å². The lowest BCUT2D eigenvalue weighted by Gasteiger charge is -2.05. The van der Waals surface area contributed by atoms with Crippen molar-refractivity contribution in [3.05, 3.63) is 36.0 Å². The van der Waals surface area contributed by atoms with Crippen molar-refractivity contribution >= 4 is 5.97 Å². The molecule has 0 aliphatic rings. The first-order valence-electron chi connectivity index (χ1n) is 6.14. The van der Waals surface area contributed by atoms with Gasteiger partial charge in [-0.1, -0.05) is 18.5 Å². The van der Waals surface area contributed by atoms with Crippen LogP contribution in [0.3, 0.4) is 0 Å². The summed E-state index contributed by atoms with van der Waals surface area (Å²) in [6.45, 7) is 2.80. The highest BCUT2D eigenvalue weighted by Gasteiger charge is 2.11. The van der Waals surface area contributed by atoms with Crippen molar-refractivity contribution in [2.45, 2.75) is 19.8 Å². The molecule has 0 spiro atoms. The van der Waals surface area contributed by atoms with Crippen molar-refractivity contribution in [1.82, 2.24) is 5.16 Å². The predicted octanol–water partition coefficient (Wildman–Crippen LogP) is 3.22. The smallest absolute Gasteiger partial charge is 0.358 e. The zero-order valence-corrected chi connectivity index (χ0v) is 10.6. The van der Waals surface area contributed by atoms with Crippen LogP contribution in [-0.4, -0.2) is 22.8 Å². The second-order valence-electron chi connectivity index (χ2n) is 4.11. The highest BCUT2D eigenvalue weighted by atomic mass is 16.5. The summed E-state index contributed by atoms with van der Waals surface area (Å²) in [5.41, 5.74) is 0.668. The second kappa shape index (κ2) is 6.04. The Kier molecular flexibility index (Phi) is 4.18. The number of hydrogen-bond acceptors (Lipinski definition) is 4. The van der Waals surface area contributed by atoms with Gasteiger partial charge in [-0.25, -0.2) is 4.79 Å². The molecule has 2 rings (SSSR count). The Morgan fingerprint density at radius 3 is 2.68 bits per heavy atom. The van der Waals surface area contributed by atoms with Gasteiger partial charge in [0.2, 0.25) is 0 Å². The molecule has 5 nitrogen and oxygen atoms in total. The third-order valence-electron chi connectivity index (χ3n) is 2.63. The van der Waals surface area contributed by atoms with Crippen molar-refractivity contribution in [2.24, 2.45) is 0 Å². The van der Waals surface area contributed by atoms with Crippen LogP contribution < -0.4 is 4.74 Å². The van der Waals surface area contributed by atoms with Gasteiger partial charge >= 0.3 is 5.97 Å². The fourth-order valence-electron chi connectivity index (χ4n) is 1.56. The topological polar surface area (TPSA) is 72.6 Å². The maximum absolute atomic E-state index is 10.7. The number of hydrogen-bond donors (Lipinski definition) is 1. The van der Waals surface area contributed by atoms with Gasteiger partial charge in [0.25, 0.3) is 0 Å². The molecule has 0 saturated heterocycles. The minimum absolute atomic E-state index is 0.0988. The summed E-state index contributed by atoms with van der Waals surface area (Å²) in [7, 11) is 0. The van der Waals surface area contributed by atoms with E-state index in [1.54, 1.807) is 0 Å². The monoisotopic (exact) mass is 261 g/mol. The van der Waals surface area contributed by atoms with Crippen LogP contribution in [0.1, 0.15) is 30.3 Å². The maximum atomic E-state index is 10.7. The number of unbranched alkanes of at least 4 members (excludes halogenated alkanes) is 1. The SMILES string of the molecule is CCCCOc1ccc(-c2cc(C(=O)O)no2)cc1. The molecule has 0 radical (unpaired) electrons. The first-order valence-corrected chi connectivity index (χ1v) is 6.14. The van der Waals surface area contributed by atoms with Crippen LogP contribution in [0.2, 0.25) is 0 Å². The number of carboxylic acid groups (broad SMARTS) is 1. The molecule has 0 saturated carbocycles. The molecule has 0 amide bonds. The van der Waals surface area contributed by atoms with Gasteiger partial charge in [0.05, 0.1) is 6.61 Å². The number of benzene rings is 1. The van der Waals surface area contributed by atoms with Crippen LogP contribution in [0.25, 0.3) is 11.3 Å². The molecule has 2 aromatic rings. The average Bonchev–Trinajstić information content (AvgIpc) is 2.90. The van der Waals surface area contributed by atoms with Crippen molar-refractivity contribution in [3.63, 3.8) is 0 Å². The molecule has 0 bridgehead atoms. The Morgan fingerprint density at radius 1 is 1.37 bits per heavy atom. The standard InChI is InChI=1S/C14H15NO4/c1-2-3-8-18-11-6-4-10(5-7-11)13-9-12(14(16)17)15-19-13/h4-7,9H,2-3,8H2,1H3,(H,16,17). The fraction of sp³-hybridized carbons (Fsp3) is 0.286. The van der Waals surface area contributed by atoms with Crippen LogP contribution in [0.4, 0.5) is 0 Å². The minimum atomic E-state index is -1.10. The number of aromatic nitrogens is 1. The molecule has 1 aromatic carbocycles. The number of rotatable bonds is 6. The summed E-state index contributed by atoms with van der Waals surface area (Å²) in [5.74, 6) is 0.113. The molecule has 0 aliphatic heterocycles. The third-order valence-corrected chi connectivity index (χ3v) is 2.63. The number of carbonyl (C=O) groups is 1. The molecule has 0 fully saturated rings. The van der Waals surface area contributed by atoms with E-state index in [0.717, 1.165) is 24.2 Å². The van der Waals surface area contributed by atoms with Crippen molar-refractivity contribution in [1.29, 1.82) is 0 Å². The van der Waals surface area contributed by atoms with Crippen molar-refractivity contribution in [3.8, 4) is 17.1 Å². The largest absolute Gasteiger partial charge is 0.494 e. The highest BCUT2D eigenvalue weighted by molar-refractivity contribution is 5.86. The lowest BCUT2D eigenvalue weighted by molar-refractivity contribution is 0.0686. The molecule has 1 heterocycles. The summed E-state index contributed by atoms with van der Waals surface area (Å²) in [6.07, 6.45) is 2.11. The van der Waals surface area contributed by atoms with Crippen molar-refractivity contribution < 1.29 is 19.2 Å². The molecule has 1 aromatic heterocycles. The minimum Gasteiger partial charge on any atom is -0.494 e. The first-order chi connectivity index (χ1) is 9.20. The van der Waals surface area contributed by atoms with Gasteiger partial charge in [-0.05, 0) is 30.7 Å². The van der Waals surface area contributed by atoms with E-state index in [1.807, 2.05) is 24.3 Å². The Labute approximate surface area is 110 Å². The maximum Gasteiger partial charge on any atom is 0.358 e. The molecule has 100 valence electrons. The van der Waals surface area contributed by atoms with E-state index in [1.165, 1.54) is 6.07 Å². The third kappa shape index (κ3) is 3.34. The van der Waals surface area contributed by atoms with Gasteiger partial charge in [-0.2, -0.15) is 0 Å². The van der Waals surface area contributed by atoms with E-state index in [0.29, 0.717) is 12.4 Å². The van der Waals surface area contributed by atoms with Gasteiger partial charge in [0, 0.05) is 11.6 Å². The second-order valence-corrected chi connectivity index (χ2v) is 4.11. The lowest BCUT2D eigenvalue weighted by Crippen LogP contribution is -1.95. The molecule has 0 unspecified atom stereocenters. The van der Waals surface area contributed by atoms with Gasteiger partial charge in [-0.15, -0.1) is 0 Å². The van der Waals surface area contributed by atoms with Gasteiger partial charge < -0.3 is 14.4 Å². The molecular weight excluding hydrogens is 246 g/mol. The molecule has 5 heteroatoms. The van der Waals surface area contributed by atoms with Crippen LogP contribution in [0, 0.1) is 0 Å². The summed E-state index contributed by atoms with van der Waals surface area (Å²) < 4.78 is 10.5. The van der Waals surface area contributed by atoms with Gasteiger partial charge in [0.15, 0.2) is 11.5 Å². The molecule has 19 heavy (non-hydrogen) atoms. The quantitative estimate of drug-likeness (QED) is 0.808. The zero-order valence-electron chi connectivity index (χ0n) is 10.6. The van der Waals surface area contributed by atoms with Crippen LogP contribution in [0.15, 0.2) is 34.9 Å². The van der Waals surface area contributed by atoms with Crippen LogP contribution in [0.5, 0.6) is 5.75 Å². The summed E-state index contributed by atoms with van der Waals surface area (Å²) in [6, 6.07) is 8.68. The number of aromatic carboxylic acids is 1. The Morgan fingerprint density at radius 2 is 2.11 bits per heavy atom. The summed E-state index contributed by atoms with van der Waals surface area (Å²) >= 11 is 0. The van der Waals surface area contributed by atoms with Gasteiger partial charge in [-0.3, -0.25) is 0 Å². The molecule has 0 aliphatic carbocycles. The van der Waals surface area contributed by atoms with Gasteiger partial charge in [0.1, 0.15) is 5.75 Å². The lowest BCUT2D eigenvalue weighted by atomic mass is 10.1.